The summed E-state index contributed by atoms with van der Waals surface area (Å²) in [4.78, 5) is 39.1. The monoisotopic (exact) mass is 307 g/mol. The number of urea groups is 1. The van der Waals surface area contributed by atoms with E-state index in [0.717, 1.165) is 4.90 Å². The second-order valence-electron chi connectivity index (χ2n) is 5.38. The number of fused-ring (bicyclic) bond motifs is 1. The van der Waals surface area contributed by atoms with Crippen LogP contribution in [0.5, 0.6) is 0 Å². The number of rotatable bonds is 2. The largest absolute Gasteiger partial charge is 0.466 e. The highest BCUT2D eigenvalue weighted by molar-refractivity contribution is 6.02. The molecule has 0 aliphatic carbocycles. The fourth-order valence-electron chi connectivity index (χ4n) is 2.87. The second-order valence-corrected chi connectivity index (χ2v) is 5.38. The van der Waals surface area contributed by atoms with Crippen LogP contribution in [0.15, 0.2) is 11.8 Å². The van der Waals surface area contributed by atoms with Gasteiger partial charge in [-0.2, -0.15) is 5.26 Å². The summed E-state index contributed by atoms with van der Waals surface area (Å²) >= 11 is 0. The van der Waals surface area contributed by atoms with Crippen molar-refractivity contribution in [2.75, 3.05) is 20.7 Å². The van der Waals surface area contributed by atoms with Crippen molar-refractivity contribution in [3.8, 4) is 6.07 Å². The molecule has 3 atom stereocenters. The van der Waals surface area contributed by atoms with E-state index < -0.39 is 35.5 Å². The van der Waals surface area contributed by atoms with Crippen LogP contribution in [-0.4, -0.2) is 54.6 Å². The third kappa shape index (κ3) is 2.01. The number of carbonyl (C=O) groups is 3. The van der Waals surface area contributed by atoms with Gasteiger partial charge in [0, 0.05) is 14.1 Å². The molecule has 3 amide bonds. The maximum absolute atomic E-state index is 12.6. The quantitative estimate of drug-likeness (QED) is 0.687. The number of allylic oxidation sites excluding steroid dienone is 1. The van der Waals surface area contributed by atoms with E-state index in [4.69, 9.17) is 14.7 Å². The first-order chi connectivity index (χ1) is 10.3. The van der Waals surface area contributed by atoms with Crippen molar-refractivity contribution in [3.05, 3.63) is 11.8 Å². The zero-order chi connectivity index (χ0) is 16.7. The van der Waals surface area contributed by atoms with E-state index in [0.29, 0.717) is 0 Å². The predicted molar refractivity (Wildman–Crippen MR) is 72.7 cm³/mol. The average molecular weight is 307 g/mol. The normalized spacial score (nSPS) is 31.0. The molecule has 0 radical (unpaired) electrons. The van der Waals surface area contributed by atoms with Gasteiger partial charge >= 0.3 is 12.0 Å². The fraction of sp³-hybridized carbons (Fsp3) is 0.571. The van der Waals surface area contributed by atoms with Crippen LogP contribution in [0, 0.1) is 22.7 Å². The van der Waals surface area contributed by atoms with Gasteiger partial charge in [-0.25, -0.2) is 4.79 Å². The number of nitrogens with zero attached hydrogens (tertiary/aromatic N) is 3. The Bertz CT molecular complexity index is 608. The number of hydrogen-bond acceptors (Lipinski definition) is 6. The highest BCUT2D eigenvalue weighted by Gasteiger charge is 2.62. The molecule has 2 aliphatic rings. The first kappa shape index (κ1) is 15.8. The number of amides is 3. The topological polar surface area (TPSA) is 99.9 Å². The number of nitriles is 1. The molecule has 0 aromatic carbocycles. The number of hydrogen-bond donors (Lipinski definition) is 0. The van der Waals surface area contributed by atoms with Crippen molar-refractivity contribution < 1.29 is 23.9 Å². The summed E-state index contributed by atoms with van der Waals surface area (Å²) in [5, 5.41) is 9.07. The summed E-state index contributed by atoms with van der Waals surface area (Å²) in [6.45, 7) is 3.33. The Morgan fingerprint density at radius 3 is 2.68 bits per heavy atom. The molecular weight excluding hydrogens is 290 g/mol. The Morgan fingerprint density at radius 1 is 1.50 bits per heavy atom. The van der Waals surface area contributed by atoms with Crippen molar-refractivity contribution in [2.24, 2.45) is 11.3 Å². The van der Waals surface area contributed by atoms with Crippen molar-refractivity contribution in [2.45, 2.75) is 20.1 Å². The van der Waals surface area contributed by atoms with E-state index in [1.165, 1.54) is 32.0 Å². The Kier molecular flexibility index (Phi) is 3.83. The van der Waals surface area contributed by atoms with Gasteiger partial charge in [0.1, 0.15) is 11.5 Å². The minimum atomic E-state index is -1.36. The van der Waals surface area contributed by atoms with Crippen LogP contribution in [-0.2, 0) is 19.1 Å². The van der Waals surface area contributed by atoms with E-state index in [-0.39, 0.29) is 12.4 Å². The summed E-state index contributed by atoms with van der Waals surface area (Å²) in [6, 6.07) is 1.25. The van der Waals surface area contributed by atoms with Gasteiger partial charge in [-0.1, -0.05) is 0 Å². The van der Waals surface area contributed by atoms with E-state index in [9.17, 15) is 14.4 Å². The minimum Gasteiger partial charge on any atom is -0.466 e. The molecule has 8 heteroatoms. The van der Waals surface area contributed by atoms with E-state index >= 15 is 0 Å². The maximum Gasteiger partial charge on any atom is 0.329 e. The molecule has 1 fully saturated rings. The van der Waals surface area contributed by atoms with Crippen molar-refractivity contribution >= 4 is 17.9 Å². The maximum atomic E-state index is 12.6. The van der Waals surface area contributed by atoms with Crippen LogP contribution in [0.2, 0.25) is 0 Å². The summed E-state index contributed by atoms with van der Waals surface area (Å²) in [6.07, 6.45) is 0.238. The van der Waals surface area contributed by atoms with Crippen LogP contribution in [0.4, 0.5) is 4.79 Å². The Morgan fingerprint density at radius 2 is 2.14 bits per heavy atom. The first-order valence-electron chi connectivity index (χ1n) is 6.79. The summed E-state index contributed by atoms with van der Waals surface area (Å²) in [7, 11) is 2.80. The zero-order valence-electron chi connectivity index (χ0n) is 12.8. The van der Waals surface area contributed by atoms with Gasteiger partial charge in [-0.05, 0) is 19.9 Å². The van der Waals surface area contributed by atoms with E-state index in [1.807, 2.05) is 6.07 Å². The van der Waals surface area contributed by atoms with Gasteiger partial charge in [0.05, 0.1) is 12.5 Å². The lowest BCUT2D eigenvalue weighted by atomic mass is 9.71. The van der Waals surface area contributed by atoms with Crippen LogP contribution in [0.1, 0.15) is 13.8 Å². The van der Waals surface area contributed by atoms with Crippen LogP contribution in [0.3, 0.4) is 0 Å². The van der Waals surface area contributed by atoms with Crippen molar-refractivity contribution in [1.82, 2.24) is 9.80 Å². The molecular formula is C14H17N3O5. The van der Waals surface area contributed by atoms with Gasteiger partial charge in [0.2, 0.25) is 5.91 Å². The minimum absolute atomic E-state index is 0.113. The predicted octanol–water partition coefficient (Wildman–Crippen LogP) is 0.460. The number of esters is 1. The third-order valence-electron chi connectivity index (χ3n) is 4.07. The molecule has 1 saturated heterocycles. The fourth-order valence-corrected chi connectivity index (χ4v) is 2.87. The molecule has 0 spiro atoms. The molecule has 22 heavy (non-hydrogen) atoms. The lowest BCUT2D eigenvalue weighted by Crippen LogP contribution is -2.68. The van der Waals surface area contributed by atoms with Gasteiger partial charge in [0.15, 0.2) is 12.0 Å². The van der Waals surface area contributed by atoms with Crippen LogP contribution < -0.4 is 0 Å². The van der Waals surface area contributed by atoms with Gasteiger partial charge < -0.3 is 9.47 Å². The molecule has 0 aromatic heterocycles. The molecule has 0 aromatic rings. The highest BCUT2D eigenvalue weighted by atomic mass is 16.5. The molecule has 2 heterocycles. The van der Waals surface area contributed by atoms with Gasteiger partial charge in [-0.3, -0.25) is 19.4 Å². The Labute approximate surface area is 127 Å². The average Bonchev–Trinajstić information content (AvgIpc) is 2.51. The SMILES string of the molecule is CCOC(=O)C1C=C(C#N)OC2N(C)C(=O)N(C)C(=O)C12C. The standard InChI is InChI=1S/C14H17N3O5/c1-5-21-10(18)9-6-8(7-15)22-12-14(9,2)11(19)16(3)13(20)17(12)4/h6,9,12H,5H2,1-4H3. The third-order valence-corrected chi connectivity index (χ3v) is 4.07. The second kappa shape index (κ2) is 5.33. The molecule has 0 N–H and O–H groups in total. The van der Waals surface area contributed by atoms with Crippen molar-refractivity contribution in [1.29, 1.82) is 5.26 Å². The number of ether oxygens (including phenoxy) is 2. The van der Waals surface area contributed by atoms with Crippen LogP contribution in [0.25, 0.3) is 0 Å². The molecule has 0 saturated carbocycles. The Balaban J connectivity index is 2.57. The highest BCUT2D eigenvalue weighted by Crippen LogP contribution is 2.45. The Hall–Kier alpha value is -2.56. The van der Waals surface area contributed by atoms with Crippen molar-refractivity contribution in [3.63, 3.8) is 0 Å². The first-order valence-corrected chi connectivity index (χ1v) is 6.79. The smallest absolute Gasteiger partial charge is 0.329 e. The summed E-state index contributed by atoms with van der Waals surface area (Å²) in [5.41, 5.74) is -1.36. The lowest BCUT2D eigenvalue weighted by Gasteiger charge is -2.50. The molecule has 8 nitrogen and oxygen atoms in total. The lowest BCUT2D eigenvalue weighted by molar-refractivity contribution is -0.183. The summed E-state index contributed by atoms with van der Waals surface area (Å²) in [5.74, 6) is -2.30. The number of carbonyl (C=O) groups excluding carboxylic acids is 3. The molecule has 3 unspecified atom stereocenters. The van der Waals surface area contributed by atoms with E-state index in [1.54, 1.807) is 6.92 Å². The molecule has 118 valence electrons. The number of imide groups is 1. The zero-order valence-corrected chi connectivity index (χ0v) is 12.8. The molecule has 2 aliphatic heterocycles. The van der Waals surface area contributed by atoms with E-state index in [2.05, 4.69) is 0 Å². The van der Waals surface area contributed by atoms with Crippen LogP contribution >= 0.6 is 0 Å². The molecule has 2 rings (SSSR count). The summed E-state index contributed by atoms with van der Waals surface area (Å²) < 4.78 is 10.5. The molecule has 0 bridgehead atoms. The van der Waals surface area contributed by atoms with Gasteiger partial charge in [0.25, 0.3) is 0 Å². The van der Waals surface area contributed by atoms with Gasteiger partial charge in [-0.15, -0.1) is 0 Å².